The van der Waals surface area contributed by atoms with Gasteiger partial charge in [-0.2, -0.15) is 0 Å². The summed E-state index contributed by atoms with van der Waals surface area (Å²) in [4.78, 5) is 12.4. The van der Waals surface area contributed by atoms with Crippen LogP contribution in [0.5, 0.6) is 0 Å². The molecule has 1 aromatic carbocycles. The van der Waals surface area contributed by atoms with E-state index in [0.717, 1.165) is 24.6 Å². The van der Waals surface area contributed by atoms with Crippen molar-refractivity contribution in [1.82, 2.24) is 0 Å². The minimum absolute atomic E-state index is 0.115. The Morgan fingerprint density at radius 1 is 1.39 bits per heavy atom. The number of hydrogen-bond acceptors (Lipinski definition) is 2. The summed E-state index contributed by atoms with van der Waals surface area (Å²) in [5.41, 5.74) is 0.619. The Morgan fingerprint density at radius 3 is 2.89 bits per heavy atom. The van der Waals surface area contributed by atoms with E-state index in [9.17, 15) is 4.79 Å². The summed E-state index contributed by atoms with van der Waals surface area (Å²) < 4.78 is 5.64. The first-order chi connectivity index (χ1) is 8.66. The van der Waals surface area contributed by atoms with Gasteiger partial charge >= 0.3 is 0 Å². The number of benzene rings is 1. The number of halogens is 1. The molecule has 2 aromatic rings. The molecule has 1 aliphatic rings. The zero-order valence-corrected chi connectivity index (χ0v) is 11.0. The van der Waals surface area contributed by atoms with Crippen molar-refractivity contribution in [3.8, 4) is 0 Å². The molecular weight excluding hydrogens is 248 g/mol. The van der Waals surface area contributed by atoms with Crippen LogP contribution in [0.25, 0.3) is 11.0 Å². The lowest BCUT2D eigenvalue weighted by molar-refractivity contribution is 0.0870. The number of Topliss-reactive ketones (excluding diaryl/α,β-unsaturated/α-hetero) is 1. The van der Waals surface area contributed by atoms with Crippen LogP contribution in [0.3, 0.4) is 0 Å². The minimum Gasteiger partial charge on any atom is -0.451 e. The predicted molar refractivity (Wildman–Crippen MR) is 72.1 cm³/mol. The van der Waals surface area contributed by atoms with Crippen molar-refractivity contribution in [2.24, 2.45) is 11.8 Å². The quantitative estimate of drug-likeness (QED) is 0.734. The molecule has 1 aromatic heterocycles. The van der Waals surface area contributed by atoms with E-state index < -0.39 is 0 Å². The molecule has 3 heteroatoms. The molecule has 0 amide bonds. The number of rotatable bonds is 2. The lowest BCUT2D eigenvalue weighted by Gasteiger charge is -2.11. The summed E-state index contributed by atoms with van der Waals surface area (Å²) in [7, 11) is 0. The van der Waals surface area contributed by atoms with Crippen molar-refractivity contribution in [2.45, 2.75) is 26.2 Å². The van der Waals surface area contributed by atoms with Gasteiger partial charge in [-0.3, -0.25) is 4.79 Å². The maximum absolute atomic E-state index is 12.4. The van der Waals surface area contributed by atoms with Crippen LogP contribution in [0.4, 0.5) is 0 Å². The maximum Gasteiger partial charge on any atom is 0.201 e. The van der Waals surface area contributed by atoms with Gasteiger partial charge < -0.3 is 4.42 Å². The van der Waals surface area contributed by atoms with Crippen LogP contribution in [0.1, 0.15) is 36.7 Å². The van der Waals surface area contributed by atoms with Gasteiger partial charge in [0, 0.05) is 11.3 Å². The second-order valence-electron chi connectivity index (χ2n) is 5.15. The molecule has 0 spiro atoms. The van der Waals surface area contributed by atoms with Gasteiger partial charge in [0.2, 0.25) is 5.78 Å². The summed E-state index contributed by atoms with van der Waals surface area (Å²) in [6, 6.07) is 7.38. The molecule has 0 bridgehead atoms. The highest BCUT2D eigenvalue weighted by atomic mass is 35.5. The molecule has 2 nitrogen and oxygen atoms in total. The fourth-order valence-corrected chi connectivity index (χ4v) is 3.09. The third-order valence-electron chi connectivity index (χ3n) is 3.94. The number of para-hydroxylation sites is 1. The number of ketones is 1. The number of hydrogen-bond donors (Lipinski definition) is 0. The van der Waals surface area contributed by atoms with Crippen LogP contribution < -0.4 is 0 Å². The Kier molecular flexibility index (Phi) is 2.90. The van der Waals surface area contributed by atoms with Crippen LogP contribution in [0.15, 0.2) is 28.7 Å². The van der Waals surface area contributed by atoms with Crippen molar-refractivity contribution < 1.29 is 9.21 Å². The minimum atomic E-state index is 0.115. The van der Waals surface area contributed by atoms with Crippen LogP contribution in [0.2, 0.25) is 5.02 Å². The topological polar surface area (TPSA) is 30.2 Å². The highest BCUT2D eigenvalue weighted by Crippen LogP contribution is 2.35. The molecule has 18 heavy (non-hydrogen) atoms. The van der Waals surface area contributed by atoms with E-state index in [4.69, 9.17) is 16.0 Å². The van der Waals surface area contributed by atoms with E-state index in [0.29, 0.717) is 22.3 Å². The molecule has 0 radical (unpaired) electrons. The Labute approximate surface area is 111 Å². The molecule has 0 N–H and O–H groups in total. The highest BCUT2D eigenvalue weighted by molar-refractivity contribution is 6.34. The van der Waals surface area contributed by atoms with Crippen LogP contribution in [0, 0.1) is 11.8 Å². The molecule has 2 unspecified atom stereocenters. The van der Waals surface area contributed by atoms with Crippen LogP contribution >= 0.6 is 11.6 Å². The molecule has 2 atom stereocenters. The van der Waals surface area contributed by atoms with Gasteiger partial charge in [-0.05, 0) is 30.9 Å². The predicted octanol–water partition coefficient (Wildman–Crippen LogP) is 4.71. The van der Waals surface area contributed by atoms with Gasteiger partial charge in [-0.15, -0.1) is 0 Å². The van der Waals surface area contributed by atoms with Crippen LogP contribution in [-0.2, 0) is 0 Å². The Bertz CT molecular complexity index is 600. The first-order valence-corrected chi connectivity index (χ1v) is 6.77. The number of carbonyl (C=O) groups is 1. The SMILES string of the molecule is CC1CCCC1C(=O)c1cc2cccc(Cl)c2o1. The first kappa shape index (κ1) is 11.8. The van der Waals surface area contributed by atoms with E-state index in [1.165, 1.54) is 0 Å². The standard InChI is InChI=1S/C15H15ClO2/c1-9-4-2-6-11(9)14(17)13-8-10-5-3-7-12(16)15(10)18-13/h3,5,7-9,11H,2,4,6H2,1H3. The summed E-state index contributed by atoms with van der Waals surface area (Å²) in [6.45, 7) is 2.14. The maximum atomic E-state index is 12.4. The van der Waals surface area contributed by atoms with Gasteiger partial charge in [0.25, 0.3) is 0 Å². The monoisotopic (exact) mass is 262 g/mol. The van der Waals surface area contributed by atoms with Crippen molar-refractivity contribution in [1.29, 1.82) is 0 Å². The lowest BCUT2D eigenvalue weighted by Crippen LogP contribution is -2.16. The van der Waals surface area contributed by atoms with Crippen molar-refractivity contribution in [3.63, 3.8) is 0 Å². The zero-order chi connectivity index (χ0) is 12.7. The van der Waals surface area contributed by atoms with Gasteiger partial charge in [0.05, 0.1) is 5.02 Å². The summed E-state index contributed by atoms with van der Waals surface area (Å²) in [5, 5.41) is 1.46. The molecule has 1 saturated carbocycles. The molecule has 1 fully saturated rings. The van der Waals surface area contributed by atoms with E-state index >= 15 is 0 Å². The smallest absolute Gasteiger partial charge is 0.201 e. The van der Waals surface area contributed by atoms with Gasteiger partial charge in [0.15, 0.2) is 11.3 Å². The number of carbonyl (C=O) groups excluding carboxylic acids is 1. The second kappa shape index (κ2) is 4.43. The Morgan fingerprint density at radius 2 is 2.22 bits per heavy atom. The van der Waals surface area contributed by atoms with Gasteiger partial charge in [0.1, 0.15) is 0 Å². The molecule has 3 rings (SSSR count). The van der Waals surface area contributed by atoms with Crippen molar-refractivity contribution >= 4 is 28.4 Å². The van der Waals surface area contributed by atoms with Crippen molar-refractivity contribution in [2.75, 3.05) is 0 Å². The zero-order valence-electron chi connectivity index (χ0n) is 10.3. The van der Waals surface area contributed by atoms with E-state index in [1.807, 2.05) is 18.2 Å². The summed E-state index contributed by atoms with van der Waals surface area (Å²) in [5.74, 6) is 1.16. The first-order valence-electron chi connectivity index (χ1n) is 6.39. The number of fused-ring (bicyclic) bond motifs is 1. The lowest BCUT2D eigenvalue weighted by atomic mass is 9.92. The normalized spacial score (nSPS) is 23.7. The van der Waals surface area contributed by atoms with Gasteiger partial charge in [-0.1, -0.05) is 37.1 Å². The Hall–Kier alpha value is -1.28. The molecule has 0 aliphatic heterocycles. The average Bonchev–Trinajstić information content (AvgIpc) is 2.95. The van der Waals surface area contributed by atoms with Crippen LogP contribution in [-0.4, -0.2) is 5.78 Å². The van der Waals surface area contributed by atoms with E-state index in [1.54, 1.807) is 6.07 Å². The van der Waals surface area contributed by atoms with E-state index in [2.05, 4.69) is 6.92 Å². The molecule has 0 saturated heterocycles. The highest BCUT2D eigenvalue weighted by Gasteiger charge is 2.32. The largest absolute Gasteiger partial charge is 0.451 e. The fourth-order valence-electron chi connectivity index (χ4n) is 2.87. The number of furan rings is 1. The third-order valence-corrected chi connectivity index (χ3v) is 4.23. The molecule has 94 valence electrons. The van der Waals surface area contributed by atoms with Gasteiger partial charge in [-0.25, -0.2) is 0 Å². The fraction of sp³-hybridized carbons (Fsp3) is 0.400. The molecule has 1 heterocycles. The van der Waals surface area contributed by atoms with E-state index in [-0.39, 0.29) is 11.7 Å². The summed E-state index contributed by atoms with van der Waals surface area (Å²) in [6.07, 6.45) is 3.25. The average molecular weight is 263 g/mol. The second-order valence-corrected chi connectivity index (χ2v) is 5.55. The molecule has 1 aliphatic carbocycles. The molecular formula is C15H15ClO2. The third kappa shape index (κ3) is 1.85. The Balaban J connectivity index is 1.99. The van der Waals surface area contributed by atoms with Crippen molar-refractivity contribution in [3.05, 3.63) is 35.0 Å². The summed E-state index contributed by atoms with van der Waals surface area (Å²) >= 11 is 6.06.